The van der Waals surface area contributed by atoms with Crippen LogP contribution in [-0.4, -0.2) is 23.6 Å². The van der Waals surface area contributed by atoms with Crippen LogP contribution in [0.5, 0.6) is 0 Å². The van der Waals surface area contributed by atoms with Crippen molar-refractivity contribution in [2.45, 2.75) is 23.5 Å². The minimum atomic E-state index is -0.124. The predicted molar refractivity (Wildman–Crippen MR) is 92.9 cm³/mol. The molecule has 0 aliphatic carbocycles. The molecule has 1 atom stereocenters. The van der Waals surface area contributed by atoms with E-state index in [9.17, 15) is 9.59 Å². The summed E-state index contributed by atoms with van der Waals surface area (Å²) in [6.07, 6.45) is 0.793. The van der Waals surface area contributed by atoms with Crippen molar-refractivity contribution in [3.63, 3.8) is 0 Å². The highest BCUT2D eigenvalue weighted by Gasteiger charge is 2.23. The summed E-state index contributed by atoms with van der Waals surface area (Å²) in [5, 5.41) is 5.66. The Balaban J connectivity index is 1.62. The summed E-state index contributed by atoms with van der Waals surface area (Å²) in [6.45, 7) is 2.45. The average Bonchev–Trinajstić information content (AvgIpc) is 2.56. The topological polar surface area (TPSA) is 58.2 Å². The molecule has 2 N–H and O–H groups in total. The van der Waals surface area contributed by atoms with Crippen molar-refractivity contribution < 1.29 is 9.59 Å². The summed E-state index contributed by atoms with van der Waals surface area (Å²) < 4.78 is 0. The number of hydrogen-bond acceptors (Lipinski definition) is 3. The van der Waals surface area contributed by atoms with Crippen LogP contribution >= 0.6 is 11.8 Å². The Morgan fingerprint density at radius 3 is 2.78 bits per heavy atom. The zero-order chi connectivity index (χ0) is 16.2. The summed E-state index contributed by atoms with van der Waals surface area (Å²) >= 11 is 1.51. The molecule has 5 heteroatoms. The van der Waals surface area contributed by atoms with Crippen LogP contribution in [0.1, 0.15) is 22.8 Å². The Bertz CT molecular complexity index is 731. The third-order valence-corrected chi connectivity index (χ3v) is 4.89. The third-order valence-electron chi connectivity index (χ3n) is 3.71. The van der Waals surface area contributed by atoms with Crippen LogP contribution in [0, 0.1) is 0 Å². The lowest BCUT2D eigenvalue weighted by Crippen LogP contribution is -2.28. The number of carbonyl (C=O) groups is 2. The quantitative estimate of drug-likeness (QED) is 0.908. The molecule has 2 aromatic rings. The fourth-order valence-electron chi connectivity index (χ4n) is 2.42. The molecule has 0 fully saturated rings. The number of thioether (sulfide) groups is 1. The second-order valence-electron chi connectivity index (χ2n) is 5.45. The number of benzene rings is 2. The summed E-state index contributed by atoms with van der Waals surface area (Å²) in [7, 11) is 0. The number of hydrogen-bond donors (Lipinski definition) is 2. The van der Waals surface area contributed by atoms with E-state index in [4.69, 9.17) is 0 Å². The average molecular weight is 326 g/mol. The Hall–Kier alpha value is -2.27. The van der Waals surface area contributed by atoms with E-state index >= 15 is 0 Å². The third kappa shape index (κ3) is 3.74. The van der Waals surface area contributed by atoms with Gasteiger partial charge in [-0.05, 0) is 37.1 Å². The smallest absolute Gasteiger partial charge is 0.251 e. The first kappa shape index (κ1) is 15.6. The molecule has 2 amide bonds. The van der Waals surface area contributed by atoms with E-state index in [2.05, 4.69) is 10.6 Å². The Morgan fingerprint density at radius 2 is 2.00 bits per heavy atom. The number of rotatable bonds is 4. The Kier molecular flexibility index (Phi) is 4.67. The normalized spacial score (nSPS) is 16.4. The number of nitrogens with one attached hydrogen (secondary N) is 2. The standard InChI is InChI=1S/C18H18N2O2S/c1-12-17(21)20-15-11-14(7-8-16(15)23-12)18(22)19-10-9-13-5-3-2-4-6-13/h2-8,11-12H,9-10H2,1H3,(H,19,22)(H,20,21)/t12-/m0/s1. The zero-order valence-electron chi connectivity index (χ0n) is 12.8. The summed E-state index contributed by atoms with van der Waals surface area (Å²) in [5.41, 5.74) is 2.47. The zero-order valence-corrected chi connectivity index (χ0v) is 13.7. The number of amides is 2. The molecule has 118 valence electrons. The minimum absolute atomic E-state index is 0.0239. The lowest BCUT2D eigenvalue weighted by Gasteiger charge is -2.21. The van der Waals surface area contributed by atoms with Crippen LogP contribution in [0.15, 0.2) is 53.4 Å². The lowest BCUT2D eigenvalue weighted by atomic mass is 10.1. The highest BCUT2D eigenvalue weighted by Crippen LogP contribution is 2.35. The van der Waals surface area contributed by atoms with Gasteiger partial charge in [0.05, 0.1) is 10.9 Å². The maximum absolute atomic E-state index is 12.2. The van der Waals surface area contributed by atoms with Crippen molar-refractivity contribution in [3.8, 4) is 0 Å². The fourth-order valence-corrected chi connectivity index (χ4v) is 3.35. The SMILES string of the molecule is C[C@@H]1Sc2ccc(C(=O)NCCc3ccccc3)cc2NC1=O. The van der Waals surface area contributed by atoms with E-state index < -0.39 is 0 Å². The van der Waals surface area contributed by atoms with Gasteiger partial charge in [-0.1, -0.05) is 30.3 Å². The van der Waals surface area contributed by atoms with Crippen molar-refractivity contribution >= 4 is 29.3 Å². The van der Waals surface area contributed by atoms with E-state index in [-0.39, 0.29) is 17.1 Å². The van der Waals surface area contributed by atoms with Crippen LogP contribution < -0.4 is 10.6 Å². The largest absolute Gasteiger partial charge is 0.352 e. The fraction of sp³-hybridized carbons (Fsp3) is 0.222. The number of anilines is 1. The van der Waals surface area contributed by atoms with Gasteiger partial charge in [-0.25, -0.2) is 0 Å². The number of carbonyl (C=O) groups excluding carboxylic acids is 2. The van der Waals surface area contributed by atoms with E-state index in [1.54, 1.807) is 12.1 Å². The Labute approximate surface area is 139 Å². The van der Waals surface area contributed by atoms with E-state index in [1.165, 1.54) is 17.3 Å². The molecule has 0 bridgehead atoms. The second-order valence-corrected chi connectivity index (χ2v) is 6.83. The van der Waals surface area contributed by atoms with Gasteiger partial charge < -0.3 is 10.6 Å². The van der Waals surface area contributed by atoms with Gasteiger partial charge in [-0.2, -0.15) is 0 Å². The maximum atomic E-state index is 12.2. The van der Waals surface area contributed by atoms with Crippen molar-refractivity contribution in [1.29, 1.82) is 0 Å². The molecule has 1 aliphatic heterocycles. The van der Waals surface area contributed by atoms with Gasteiger partial charge in [-0.15, -0.1) is 11.8 Å². The molecule has 23 heavy (non-hydrogen) atoms. The van der Waals surface area contributed by atoms with Crippen LogP contribution in [0.25, 0.3) is 0 Å². The highest BCUT2D eigenvalue weighted by atomic mass is 32.2. The van der Waals surface area contributed by atoms with Gasteiger partial charge in [-0.3, -0.25) is 9.59 Å². The molecule has 4 nitrogen and oxygen atoms in total. The maximum Gasteiger partial charge on any atom is 0.251 e. The van der Waals surface area contributed by atoms with Crippen LogP contribution in [0.2, 0.25) is 0 Å². The van der Waals surface area contributed by atoms with E-state index in [1.807, 2.05) is 43.3 Å². The Morgan fingerprint density at radius 1 is 1.22 bits per heavy atom. The van der Waals surface area contributed by atoms with E-state index in [0.29, 0.717) is 17.8 Å². The molecule has 0 saturated heterocycles. The molecule has 3 rings (SSSR count). The minimum Gasteiger partial charge on any atom is -0.352 e. The summed E-state index contributed by atoms with van der Waals surface area (Å²) in [4.78, 5) is 25.0. The first-order valence-corrected chi connectivity index (χ1v) is 8.45. The van der Waals surface area contributed by atoms with Gasteiger partial charge in [0.2, 0.25) is 5.91 Å². The first-order valence-electron chi connectivity index (χ1n) is 7.57. The molecule has 2 aromatic carbocycles. The molecule has 1 aliphatic rings. The van der Waals surface area contributed by atoms with Gasteiger partial charge in [0.1, 0.15) is 0 Å². The molecule has 0 aromatic heterocycles. The summed E-state index contributed by atoms with van der Waals surface area (Å²) in [6, 6.07) is 15.5. The van der Waals surface area contributed by atoms with Crippen molar-refractivity contribution in [2.75, 3.05) is 11.9 Å². The van der Waals surface area contributed by atoms with Crippen LogP contribution in [-0.2, 0) is 11.2 Å². The molecule has 0 saturated carbocycles. The van der Waals surface area contributed by atoms with Crippen LogP contribution in [0.3, 0.4) is 0 Å². The molecular formula is C18H18N2O2S. The van der Waals surface area contributed by atoms with Gasteiger partial charge in [0.25, 0.3) is 5.91 Å². The van der Waals surface area contributed by atoms with Gasteiger partial charge in [0.15, 0.2) is 0 Å². The molecule has 0 radical (unpaired) electrons. The van der Waals surface area contributed by atoms with E-state index in [0.717, 1.165) is 11.3 Å². The van der Waals surface area contributed by atoms with Crippen molar-refractivity contribution in [1.82, 2.24) is 5.32 Å². The molecule has 1 heterocycles. The molecule has 0 spiro atoms. The van der Waals surface area contributed by atoms with Gasteiger partial charge in [0, 0.05) is 17.0 Å². The van der Waals surface area contributed by atoms with Crippen molar-refractivity contribution in [2.24, 2.45) is 0 Å². The molecule has 0 unspecified atom stereocenters. The lowest BCUT2D eigenvalue weighted by molar-refractivity contribution is -0.115. The van der Waals surface area contributed by atoms with Crippen LogP contribution in [0.4, 0.5) is 5.69 Å². The monoisotopic (exact) mass is 326 g/mol. The second kappa shape index (κ2) is 6.87. The highest BCUT2D eigenvalue weighted by molar-refractivity contribution is 8.00. The summed E-state index contributed by atoms with van der Waals surface area (Å²) in [5.74, 6) is -0.147. The van der Waals surface area contributed by atoms with Gasteiger partial charge >= 0.3 is 0 Å². The first-order chi connectivity index (χ1) is 11.1. The number of fused-ring (bicyclic) bond motifs is 1. The van der Waals surface area contributed by atoms with Crippen molar-refractivity contribution in [3.05, 3.63) is 59.7 Å². The molecular weight excluding hydrogens is 308 g/mol. The predicted octanol–water partition coefficient (Wildman–Crippen LogP) is 3.09.